The Kier molecular flexibility index (Phi) is 3.82. The fraction of sp³-hybridized carbons (Fsp3) is 0.692. The number of nitrogens with zero attached hydrogens (tertiary/aromatic N) is 2. The van der Waals surface area contributed by atoms with E-state index < -0.39 is 0 Å². The molecule has 94 valence electrons. The maximum Gasteiger partial charge on any atom is 0.106 e. The summed E-state index contributed by atoms with van der Waals surface area (Å²) in [6.45, 7) is 4.29. The number of hydrogen-bond acceptors (Lipinski definition) is 2. The summed E-state index contributed by atoms with van der Waals surface area (Å²) in [7, 11) is 0. The molecule has 1 atom stereocenters. The lowest BCUT2D eigenvalue weighted by Gasteiger charge is -2.22. The maximum absolute atomic E-state index is 5.70. The lowest BCUT2D eigenvalue weighted by atomic mass is 10.00. The van der Waals surface area contributed by atoms with Crippen LogP contribution in [-0.2, 0) is 12.8 Å². The minimum Gasteiger partial charge on any atom is -0.393 e. The highest BCUT2D eigenvalue weighted by atomic mass is 32.1. The molecule has 0 bridgehead atoms. The zero-order valence-electron chi connectivity index (χ0n) is 10.7. The van der Waals surface area contributed by atoms with Crippen LogP contribution in [0.4, 0.5) is 0 Å². The third-order valence-electron chi connectivity index (χ3n) is 3.62. The molecular weight excluding hydrogens is 230 g/mol. The van der Waals surface area contributed by atoms with E-state index in [4.69, 9.17) is 22.9 Å². The van der Waals surface area contributed by atoms with Crippen molar-refractivity contribution in [1.29, 1.82) is 0 Å². The van der Waals surface area contributed by atoms with Crippen molar-refractivity contribution in [1.82, 2.24) is 9.55 Å². The van der Waals surface area contributed by atoms with Crippen LogP contribution in [-0.4, -0.2) is 14.5 Å². The van der Waals surface area contributed by atoms with Gasteiger partial charge in [-0.2, -0.15) is 0 Å². The quantitative estimate of drug-likeness (QED) is 0.837. The molecule has 4 heteroatoms. The van der Waals surface area contributed by atoms with Gasteiger partial charge in [-0.15, -0.1) is 0 Å². The van der Waals surface area contributed by atoms with E-state index in [-0.39, 0.29) is 0 Å². The molecule has 1 aromatic heterocycles. The molecule has 0 amide bonds. The van der Waals surface area contributed by atoms with Gasteiger partial charge in [-0.3, -0.25) is 0 Å². The first-order valence-electron chi connectivity index (χ1n) is 6.48. The molecular formula is C13H21N3S. The second-order valence-corrected chi connectivity index (χ2v) is 5.39. The first-order valence-corrected chi connectivity index (χ1v) is 6.89. The summed E-state index contributed by atoms with van der Waals surface area (Å²) in [5.41, 5.74) is 8.43. The van der Waals surface area contributed by atoms with Gasteiger partial charge in [0.2, 0.25) is 0 Å². The van der Waals surface area contributed by atoms with Crippen LogP contribution in [0.2, 0.25) is 0 Å². The number of fused-ring (bicyclic) bond motifs is 1. The Morgan fingerprint density at radius 1 is 1.47 bits per heavy atom. The zero-order valence-corrected chi connectivity index (χ0v) is 11.5. The van der Waals surface area contributed by atoms with Crippen LogP contribution < -0.4 is 5.73 Å². The Morgan fingerprint density at radius 3 is 2.82 bits per heavy atom. The molecule has 17 heavy (non-hydrogen) atoms. The van der Waals surface area contributed by atoms with Crippen LogP contribution in [0.5, 0.6) is 0 Å². The Hall–Kier alpha value is -0.900. The summed E-state index contributed by atoms with van der Waals surface area (Å²) in [6.07, 6.45) is 6.68. The van der Waals surface area contributed by atoms with Crippen molar-refractivity contribution in [3.05, 3.63) is 17.2 Å². The van der Waals surface area contributed by atoms with Crippen molar-refractivity contribution in [2.75, 3.05) is 0 Å². The average molecular weight is 251 g/mol. The minimum absolute atomic E-state index is 0.391. The van der Waals surface area contributed by atoms with Crippen LogP contribution >= 0.6 is 12.2 Å². The molecule has 0 saturated heterocycles. The van der Waals surface area contributed by atoms with Gasteiger partial charge in [0.1, 0.15) is 5.82 Å². The third-order valence-corrected chi connectivity index (χ3v) is 3.79. The van der Waals surface area contributed by atoms with Crippen LogP contribution in [0.1, 0.15) is 55.9 Å². The van der Waals surface area contributed by atoms with Crippen molar-refractivity contribution in [3.63, 3.8) is 0 Å². The number of aromatic nitrogens is 2. The van der Waals surface area contributed by atoms with Crippen molar-refractivity contribution < 1.29 is 0 Å². The molecule has 0 saturated carbocycles. The van der Waals surface area contributed by atoms with Crippen molar-refractivity contribution in [2.45, 2.75) is 58.4 Å². The summed E-state index contributed by atoms with van der Waals surface area (Å²) >= 11 is 5.05. The van der Waals surface area contributed by atoms with E-state index in [2.05, 4.69) is 18.4 Å². The fourth-order valence-corrected chi connectivity index (χ4v) is 3.03. The highest BCUT2D eigenvalue weighted by Gasteiger charge is 2.22. The van der Waals surface area contributed by atoms with Gasteiger partial charge in [-0.05, 0) is 39.0 Å². The summed E-state index contributed by atoms with van der Waals surface area (Å²) in [4.78, 5) is 5.31. The zero-order chi connectivity index (χ0) is 12.4. The van der Waals surface area contributed by atoms with E-state index in [1.165, 1.54) is 24.2 Å². The molecule has 0 aromatic carbocycles. The van der Waals surface area contributed by atoms with E-state index >= 15 is 0 Å². The number of rotatable bonds is 4. The molecule has 0 fully saturated rings. The molecule has 0 spiro atoms. The largest absolute Gasteiger partial charge is 0.393 e. The molecule has 1 aliphatic carbocycles. The molecule has 2 rings (SSSR count). The Balaban J connectivity index is 2.35. The number of imidazole rings is 1. The molecule has 1 unspecified atom stereocenters. The van der Waals surface area contributed by atoms with E-state index in [0.29, 0.717) is 11.0 Å². The van der Waals surface area contributed by atoms with E-state index in [1.54, 1.807) is 0 Å². The first-order chi connectivity index (χ1) is 8.13. The fourth-order valence-electron chi connectivity index (χ4n) is 2.83. The Morgan fingerprint density at radius 2 is 2.18 bits per heavy atom. The SMILES string of the molecule is CCC(CC(N)=S)n1c(C)nc2c1CCCC2. The number of hydrogen-bond donors (Lipinski definition) is 1. The number of thiocarbonyl (C=S) groups is 1. The maximum atomic E-state index is 5.70. The predicted molar refractivity (Wildman–Crippen MR) is 74.3 cm³/mol. The lowest BCUT2D eigenvalue weighted by Crippen LogP contribution is -2.20. The smallest absolute Gasteiger partial charge is 0.106 e. The highest BCUT2D eigenvalue weighted by molar-refractivity contribution is 7.80. The van der Waals surface area contributed by atoms with Gasteiger partial charge in [0, 0.05) is 18.2 Å². The average Bonchev–Trinajstić information content (AvgIpc) is 2.62. The summed E-state index contributed by atoms with van der Waals surface area (Å²) in [5.74, 6) is 1.13. The van der Waals surface area contributed by atoms with Crippen molar-refractivity contribution in [3.8, 4) is 0 Å². The van der Waals surface area contributed by atoms with Gasteiger partial charge in [0.25, 0.3) is 0 Å². The Labute approximate surface area is 108 Å². The van der Waals surface area contributed by atoms with Crippen molar-refractivity contribution >= 4 is 17.2 Å². The van der Waals surface area contributed by atoms with Gasteiger partial charge in [0.15, 0.2) is 0 Å². The first kappa shape index (κ1) is 12.6. The second-order valence-electron chi connectivity index (χ2n) is 4.86. The third kappa shape index (κ3) is 2.51. The standard InChI is InChI=1S/C13H21N3S/c1-3-10(8-13(14)17)16-9(2)15-11-6-4-5-7-12(11)16/h10H,3-8H2,1-2H3,(H2,14,17). The molecule has 1 aromatic rings. The predicted octanol–water partition coefficient (Wildman–Crippen LogP) is 2.70. The molecule has 0 radical (unpaired) electrons. The van der Waals surface area contributed by atoms with E-state index in [0.717, 1.165) is 31.5 Å². The molecule has 0 aliphatic heterocycles. The summed E-state index contributed by atoms with van der Waals surface area (Å²) in [5, 5.41) is 0. The van der Waals surface area contributed by atoms with Gasteiger partial charge < -0.3 is 10.3 Å². The monoisotopic (exact) mass is 251 g/mol. The van der Waals surface area contributed by atoms with Crippen LogP contribution in [0.25, 0.3) is 0 Å². The van der Waals surface area contributed by atoms with Gasteiger partial charge in [0.05, 0.1) is 10.7 Å². The highest BCUT2D eigenvalue weighted by Crippen LogP contribution is 2.28. The van der Waals surface area contributed by atoms with Crippen LogP contribution in [0.15, 0.2) is 0 Å². The molecule has 3 nitrogen and oxygen atoms in total. The Bertz CT molecular complexity index is 423. The normalized spacial score (nSPS) is 16.6. The lowest BCUT2D eigenvalue weighted by molar-refractivity contribution is 0.467. The molecule has 1 heterocycles. The minimum atomic E-state index is 0.391. The molecule has 2 N–H and O–H groups in total. The van der Waals surface area contributed by atoms with Crippen LogP contribution in [0, 0.1) is 6.92 Å². The number of nitrogens with two attached hydrogens (primary N) is 1. The van der Waals surface area contributed by atoms with Crippen molar-refractivity contribution in [2.24, 2.45) is 5.73 Å². The van der Waals surface area contributed by atoms with Gasteiger partial charge in [-0.1, -0.05) is 19.1 Å². The van der Waals surface area contributed by atoms with Gasteiger partial charge >= 0.3 is 0 Å². The van der Waals surface area contributed by atoms with Crippen LogP contribution in [0.3, 0.4) is 0 Å². The van der Waals surface area contributed by atoms with E-state index in [9.17, 15) is 0 Å². The topological polar surface area (TPSA) is 43.8 Å². The van der Waals surface area contributed by atoms with E-state index in [1.807, 2.05) is 0 Å². The second kappa shape index (κ2) is 5.17. The summed E-state index contributed by atoms with van der Waals surface area (Å²) in [6, 6.07) is 0.391. The van der Waals surface area contributed by atoms with Gasteiger partial charge in [-0.25, -0.2) is 4.98 Å². The molecule has 1 aliphatic rings. The summed E-state index contributed by atoms with van der Waals surface area (Å²) < 4.78 is 2.38. The number of aryl methyl sites for hydroxylation is 2.